The van der Waals surface area contributed by atoms with Gasteiger partial charge in [-0.15, -0.1) is 0 Å². The summed E-state index contributed by atoms with van der Waals surface area (Å²) in [5.74, 6) is 0.0388. The number of carbonyl (C=O) groups is 1. The number of halogens is 1. The van der Waals surface area contributed by atoms with E-state index in [1.165, 1.54) is 11.1 Å². The highest BCUT2D eigenvalue weighted by molar-refractivity contribution is 5.99. The molecule has 3 aliphatic rings. The predicted molar refractivity (Wildman–Crippen MR) is 126 cm³/mol. The lowest BCUT2D eigenvalue weighted by Gasteiger charge is -2.28. The first-order valence-corrected chi connectivity index (χ1v) is 11.4. The molecule has 1 aromatic carbocycles. The van der Waals surface area contributed by atoms with E-state index in [2.05, 4.69) is 15.3 Å². The second-order valence-electron chi connectivity index (χ2n) is 8.96. The Morgan fingerprint density at radius 2 is 2.09 bits per heavy atom. The fraction of sp³-hybridized carbons (Fsp3) is 0.375. The van der Waals surface area contributed by atoms with Gasteiger partial charge < -0.3 is 30.4 Å². The zero-order chi connectivity index (χ0) is 24.3. The standard InChI is InChI=1S/C24H24FN5O5/c1-11-14(6-29-23-22(11)27-2-3-34-23)13-4-12-5-19(28-7-15(12)21(26)20(13)25)30(24(31)32)17-9-35-18-10-33-8-16(17)18/h4-7,16-18,27H,2-3,8-10,26H2,1H3,(H,31,32). The first-order valence-electron chi connectivity index (χ1n) is 11.4. The number of nitrogens with zero attached hydrogens (tertiary/aromatic N) is 3. The molecule has 11 heteroatoms. The Kier molecular flexibility index (Phi) is 5.11. The Bertz CT molecular complexity index is 1350. The van der Waals surface area contributed by atoms with Crippen molar-refractivity contribution in [2.24, 2.45) is 5.92 Å². The van der Waals surface area contributed by atoms with Gasteiger partial charge in [-0.25, -0.2) is 19.2 Å². The summed E-state index contributed by atoms with van der Waals surface area (Å²) in [6.45, 7) is 4.13. The van der Waals surface area contributed by atoms with E-state index in [0.29, 0.717) is 54.3 Å². The van der Waals surface area contributed by atoms with Gasteiger partial charge in [0.1, 0.15) is 18.1 Å². The lowest BCUT2D eigenvalue weighted by molar-refractivity contribution is 0.0685. The highest BCUT2D eigenvalue weighted by atomic mass is 19.1. The van der Waals surface area contributed by atoms with Crippen molar-refractivity contribution in [1.29, 1.82) is 0 Å². The maximum atomic E-state index is 15.4. The molecule has 2 fully saturated rings. The molecule has 6 rings (SSSR count). The van der Waals surface area contributed by atoms with Crippen molar-refractivity contribution >= 4 is 34.1 Å². The summed E-state index contributed by atoms with van der Waals surface area (Å²) in [4.78, 5) is 22.2. The summed E-state index contributed by atoms with van der Waals surface area (Å²) in [6.07, 6.45) is 1.70. The smallest absolute Gasteiger partial charge is 0.413 e. The molecule has 0 aliphatic carbocycles. The summed E-state index contributed by atoms with van der Waals surface area (Å²) in [6, 6.07) is 2.84. The molecule has 3 aromatic rings. The van der Waals surface area contributed by atoms with Crippen LogP contribution in [0.3, 0.4) is 0 Å². The van der Waals surface area contributed by atoms with E-state index < -0.39 is 18.0 Å². The number of hydrogen-bond donors (Lipinski definition) is 3. The quantitative estimate of drug-likeness (QED) is 0.483. The van der Waals surface area contributed by atoms with Crippen molar-refractivity contribution in [3.8, 4) is 17.0 Å². The summed E-state index contributed by atoms with van der Waals surface area (Å²) < 4.78 is 32.3. The Balaban J connectivity index is 1.46. The van der Waals surface area contributed by atoms with Crippen LogP contribution in [0, 0.1) is 18.7 Å². The molecule has 182 valence electrons. The van der Waals surface area contributed by atoms with E-state index in [9.17, 15) is 9.90 Å². The van der Waals surface area contributed by atoms with Crippen molar-refractivity contribution in [3.05, 3.63) is 35.9 Å². The fourth-order valence-corrected chi connectivity index (χ4v) is 5.21. The number of benzene rings is 1. The van der Waals surface area contributed by atoms with Gasteiger partial charge in [0.05, 0.1) is 37.7 Å². The van der Waals surface area contributed by atoms with Crippen molar-refractivity contribution in [1.82, 2.24) is 9.97 Å². The second kappa shape index (κ2) is 8.21. The first-order chi connectivity index (χ1) is 16.9. The molecule has 0 bridgehead atoms. The molecule has 0 radical (unpaired) electrons. The van der Waals surface area contributed by atoms with Crippen LogP contribution in [-0.2, 0) is 9.47 Å². The van der Waals surface area contributed by atoms with Crippen LogP contribution in [-0.4, -0.2) is 66.3 Å². The number of fused-ring (bicyclic) bond motifs is 3. The summed E-state index contributed by atoms with van der Waals surface area (Å²) in [5.41, 5.74) is 8.45. The number of hydrogen-bond acceptors (Lipinski definition) is 8. The Hall–Kier alpha value is -3.70. The van der Waals surface area contributed by atoms with Crippen molar-refractivity contribution < 1.29 is 28.5 Å². The largest absolute Gasteiger partial charge is 0.474 e. The van der Waals surface area contributed by atoms with Crippen LogP contribution in [0.1, 0.15) is 5.56 Å². The van der Waals surface area contributed by atoms with Crippen molar-refractivity contribution in [3.63, 3.8) is 0 Å². The molecule has 3 unspecified atom stereocenters. The molecule has 0 saturated carbocycles. The average Bonchev–Trinajstić information content (AvgIpc) is 3.47. The van der Waals surface area contributed by atoms with Gasteiger partial charge >= 0.3 is 6.09 Å². The minimum absolute atomic E-state index is 0.0618. The van der Waals surface area contributed by atoms with Gasteiger partial charge in [0, 0.05) is 41.4 Å². The molecular formula is C24H24FN5O5. The third-order valence-electron chi connectivity index (χ3n) is 7.05. The van der Waals surface area contributed by atoms with E-state index in [1.807, 2.05) is 6.92 Å². The minimum atomic E-state index is -1.14. The number of amides is 1. The molecule has 2 saturated heterocycles. The lowest BCUT2D eigenvalue weighted by Crippen LogP contribution is -2.45. The first kappa shape index (κ1) is 21.8. The maximum absolute atomic E-state index is 15.4. The van der Waals surface area contributed by atoms with Crippen LogP contribution in [0.15, 0.2) is 24.5 Å². The van der Waals surface area contributed by atoms with Crippen LogP contribution in [0.2, 0.25) is 0 Å². The van der Waals surface area contributed by atoms with E-state index in [-0.39, 0.29) is 35.7 Å². The monoisotopic (exact) mass is 481 g/mol. The highest BCUT2D eigenvalue weighted by Crippen LogP contribution is 2.40. The average molecular weight is 481 g/mol. The van der Waals surface area contributed by atoms with Gasteiger partial charge in [-0.05, 0) is 30.0 Å². The highest BCUT2D eigenvalue weighted by Gasteiger charge is 2.46. The van der Waals surface area contributed by atoms with Crippen LogP contribution < -0.4 is 20.7 Å². The molecule has 3 aliphatic heterocycles. The lowest BCUT2D eigenvalue weighted by atomic mass is 9.96. The molecular weight excluding hydrogens is 457 g/mol. The number of carboxylic acid groups (broad SMARTS) is 1. The number of nitrogens with two attached hydrogens (primary N) is 1. The number of aromatic nitrogens is 2. The molecule has 2 aromatic heterocycles. The van der Waals surface area contributed by atoms with E-state index in [0.717, 1.165) is 5.56 Å². The molecule has 5 heterocycles. The fourth-order valence-electron chi connectivity index (χ4n) is 5.21. The third kappa shape index (κ3) is 3.41. The van der Waals surface area contributed by atoms with Crippen LogP contribution in [0.25, 0.3) is 21.9 Å². The SMILES string of the molecule is Cc1c(-c2cc3cc(N(C(=O)O)C4COC5COCC54)ncc3c(N)c2F)cnc2c1NCCO2. The summed E-state index contributed by atoms with van der Waals surface area (Å²) in [5, 5.41) is 14.3. The minimum Gasteiger partial charge on any atom is -0.474 e. The number of ether oxygens (including phenoxy) is 3. The maximum Gasteiger partial charge on any atom is 0.413 e. The molecule has 35 heavy (non-hydrogen) atoms. The molecule has 4 N–H and O–H groups in total. The summed E-state index contributed by atoms with van der Waals surface area (Å²) in [7, 11) is 0. The van der Waals surface area contributed by atoms with E-state index in [1.54, 1.807) is 18.3 Å². The van der Waals surface area contributed by atoms with Crippen LogP contribution in [0.4, 0.5) is 26.4 Å². The molecule has 10 nitrogen and oxygen atoms in total. The molecule has 1 amide bonds. The molecule has 3 atom stereocenters. The van der Waals surface area contributed by atoms with Gasteiger partial charge in [-0.1, -0.05) is 0 Å². The number of pyridine rings is 2. The zero-order valence-electron chi connectivity index (χ0n) is 19.0. The molecule has 0 spiro atoms. The number of nitrogen functional groups attached to an aromatic ring is 1. The van der Waals surface area contributed by atoms with Crippen LogP contribution in [0.5, 0.6) is 5.88 Å². The Labute approximate surface area is 199 Å². The van der Waals surface area contributed by atoms with E-state index >= 15 is 4.39 Å². The van der Waals surface area contributed by atoms with Gasteiger partial charge in [-0.2, -0.15) is 0 Å². The Morgan fingerprint density at radius 1 is 1.23 bits per heavy atom. The van der Waals surface area contributed by atoms with Gasteiger partial charge in [0.15, 0.2) is 5.82 Å². The topological polar surface area (TPSA) is 132 Å². The predicted octanol–water partition coefficient (Wildman–Crippen LogP) is 3.03. The van der Waals surface area contributed by atoms with Gasteiger partial charge in [0.25, 0.3) is 0 Å². The number of rotatable bonds is 3. The van der Waals surface area contributed by atoms with Crippen molar-refractivity contribution in [2.45, 2.75) is 19.1 Å². The normalized spacial score (nSPS) is 22.9. The number of nitrogens with one attached hydrogen (secondary N) is 1. The Morgan fingerprint density at radius 3 is 2.91 bits per heavy atom. The van der Waals surface area contributed by atoms with E-state index in [4.69, 9.17) is 19.9 Å². The van der Waals surface area contributed by atoms with Crippen LogP contribution >= 0.6 is 0 Å². The second-order valence-corrected chi connectivity index (χ2v) is 8.96. The number of anilines is 3. The van der Waals surface area contributed by atoms with Gasteiger partial charge in [-0.3, -0.25) is 4.90 Å². The zero-order valence-corrected chi connectivity index (χ0v) is 19.0. The van der Waals surface area contributed by atoms with Gasteiger partial charge in [0.2, 0.25) is 5.88 Å². The summed E-state index contributed by atoms with van der Waals surface area (Å²) >= 11 is 0. The third-order valence-corrected chi connectivity index (χ3v) is 7.05. The van der Waals surface area contributed by atoms with Crippen molar-refractivity contribution in [2.75, 3.05) is 48.9 Å².